The van der Waals surface area contributed by atoms with Gasteiger partial charge in [0.15, 0.2) is 11.5 Å². The summed E-state index contributed by atoms with van der Waals surface area (Å²) in [6.07, 6.45) is 1.43. The summed E-state index contributed by atoms with van der Waals surface area (Å²) < 4.78 is 10.6. The summed E-state index contributed by atoms with van der Waals surface area (Å²) in [5.74, 6) is 0.0763. The predicted molar refractivity (Wildman–Crippen MR) is 165 cm³/mol. The first-order chi connectivity index (χ1) is 20.4. The third kappa shape index (κ3) is 7.44. The van der Waals surface area contributed by atoms with Gasteiger partial charge in [-0.25, -0.2) is 0 Å². The maximum atomic E-state index is 13.4. The molecule has 1 aliphatic heterocycles. The van der Waals surface area contributed by atoms with Gasteiger partial charge in [0.2, 0.25) is 12.7 Å². The molecule has 3 N–H and O–H groups in total. The van der Waals surface area contributed by atoms with Crippen LogP contribution in [0.25, 0.3) is 6.08 Å². The summed E-state index contributed by atoms with van der Waals surface area (Å²) in [7, 11) is 0. The minimum Gasteiger partial charge on any atom is -0.454 e. The normalized spacial score (nSPS) is 12.0. The second-order valence-corrected chi connectivity index (χ2v) is 10.8. The minimum atomic E-state index is -0.585. The third-order valence-electron chi connectivity index (χ3n) is 5.94. The van der Waals surface area contributed by atoms with Crippen LogP contribution in [-0.4, -0.2) is 30.3 Å². The topological polar surface area (TPSA) is 106 Å². The molecule has 11 heteroatoms. The highest BCUT2D eigenvalue weighted by Gasteiger charge is 2.18. The fourth-order valence-corrected chi connectivity index (χ4v) is 5.18. The van der Waals surface area contributed by atoms with Gasteiger partial charge < -0.3 is 25.4 Å². The zero-order valence-corrected chi connectivity index (χ0v) is 24.2. The lowest BCUT2D eigenvalue weighted by Gasteiger charge is -2.13. The quantitative estimate of drug-likeness (QED) is 0.140. The molecule has 3 amide bonds. The largest absolute Gasteiger partial charge is 0.454 e. The lowest BCUT2D eigenvalue weighted by atomic mass is 10.1. The molecule has 0 bridgehead atoms. The van der Waals surface area contributed by atoms with Gasteiger partial charge in [0.05, 0.1) is 5.75 Å². The molecular weight excluding hydrogens is 597 g/mol. The number of carbonyl (C=O) groups excluding carboxylic acids is 3. The van der Waals surface area contributed by atoms with E-state index in [1.165, 1.54) is 17.8 Å². The molecule has 0 unspecified atom stereocenters. The molecule has 0 saturated carbocycles. The molecule has 1 aliphatic rings. The summed E-state index contributed by atoms with van der Waals surface area (Å²) in [4.78, 5) is 39.6. The Hall–Kier alpha value is -4.44. The van der Waals surface area contributed by atoms with E-state index in [2.05, 4.69) is 16.0 Å². The maximum Gasteiger partial charge on any atom is 0.272 e. The van der Waals surface area contributed by atoms with Crippen molar-refractivity contribution in [1.29, 1.82) is 0 Å². The van der Waals surface area contributed by atoms with Crippen LogP contribution >= 0.6 is 35.0 Å². The number of benzene rings is 4. The lowest BCUT2D eigenvalue weighted by molar-refractivity contribution is -0.114. The number of thioether (sulfide) groups is 1. The fourth-order valence-electron chi connectivity index (χ4n) is 3.92. The van der Waals surface area contributed by atoms with Gasteiger partial charge in [-0.1, -0.05) is 53.5 Å². The highest BCUT2D eigenvalue weighted by atomic mass is 35.5. The first-order valence-electron chi connectivity index (χ1n) is 12.6. The van der Waals surface area contributed by atoms with Crippen LogP contribution in [0.1, 0.15) is 15.9 Å². The van der Waals surface area contributed by atoms with E-state index < -0.39 is 11.8 Å². The van der Waals surface area contributed by atoms with E-state index in [1.54, 1.807) is 84.9 Å². The molecule has 0 fully saturated rings. The summed E-state index contributed by atoms with van der Waals surface area (Å²) in [5, 5.41) is 8.94. The van der Waals surface area contributed by atoms with E-state index in [0.29, 0.717) is 44.0 Å². The number of carbonyl (C=O) groups is 3. The van der Waals surface area contributed by atoms with Crippen LogP contribution in [0.3, 0.4) is 0 Å². The van der Waals surface area contributed by atoms with Crippen LogP contribution in [0.5, 0.6) is 11.5 Å². The molecule has 5 rings (SSSR count). The number of hydrogen-bond acceptors (Lipinski definition) is 6. The SMILES string of the molecule is O=C(CSc1cccc(NC(=O)/C(=C\c2c(Cl)cccc2Cl)NC(=O)c2ccccc2)c1)Nc1ccc2c(c1)OCO2. The zero-order valence-electron chi connectivity index (χ0n) is 21.9. The van der Waals surface area contributed by atoms with E-state index >= 15 is 0 Å². The summed E-state index contributed by atoms with van der Waals surface area (Å²) >= 11 is 14.0. The highest BCUT2D eigenvalue weighted by Crippen LogP contribution is 2.34. The number of fused-ring (bicyclic) bond motifs is 1. The van der Waals surface area contributed by atoms with E-state index in [4.69, 9.17) is 32.7 Å². The van der Waals surface area contributed by atoms with Crippen molar-refractivity contribution < 1.29 is 23.9 Å². The number of hydrogen-bond donors (Lipinski definition) is 3. The fraction of sp³-hybridized carbons (Fsp3) is 0.0645. The van der Waals surface area contributed by atoms with Crippen molar-refractivity contribution in [3.05, 3.63) is 118 Å². The Balaban J connectivity index is 1.27. The molecule has 0 atom stereocenters. The first-order valence-corrected chi connectivity index (χ1v) is 14.4. The second-order valence-electron chi connectivity index (χ2n) is 8.90. The van der Waals surface area contributed by atoms with Crippen LogP contribution in [0.2, 0.25) is 10.0 Å². The highest BCUT2D eigenvalue weighted by molar-refractivity contribution is 8.00. The number of rotatable bonds is 9. The minimum absolute atomic E-state index is 0.0555. The Labute approximate surface area is 256 Å². The van der Waals surface area contributed by atoms with Crippen molar-refractivity contribution in [3.63, 3.8) is 0 Å². The van der Waals surface area contributed by atoms with E-state index in [-0.39, 0.29) is 24.2 Å². The molecule has 0 radical (unpaired) electrons. The Kier molecular flexibility index (Phi) is 9.33. The maximum absolute atomic E-state index is 13.4. The molecule has 0 saturated heterocycles. The van der Waals surface area contributed by atoms with E-state index in [1.807, 2.05) is 6.07 Å². The summed E-state index contributed by atoms with van der Waals surface area (Å²) in [6, 6.07) is 25.7. The van der Waals surface area contributed by atoms with Crippen LogP contribution in [-0.2, 0) is 9.59 Å². The van der Waals surface area contributed by atoms with Gasteiger partial charge in [0.25, 0.3) is 11.8 Å². The number of amides is 3. The van der Waals surface area contributed by atoms with Crippen LogP contribution in [0, 0.1) is 0 Å². The molecule has 0 aromatic heterocycles. The van der Waals surface area contributed by atoms with Gasteiger partial charge >= 0.3 is 0 Å². The summed E-state index contributed by atoms with van der Waals surface area (Å²) in [6.45, 7) is 0.153. The van der Waals surface area contributed by atoms with E-state index in [0.717, 1.165) is 4.90 Å². The zero-order chi connectivity index (χ0) is 29.5. The third-order valence-corrected chi connectivity index (χ3v) is 7.59. The molecule has 1 heterocycles. The molecule has 42 heavy (non-hydrogen) atoms. The first kappa shape index (κ1) is 29.1. The van der Waals surface area contributed by atoms with E-state index in [9.17, 15) is 14.4 Å². The molecule has 0 aliphatic carbocycles. The van der Waals surface area contributed by atoms with Crippen molar-refractivity contribution in [2.45, 2.75) is 4.90 Å². The van der Waals surface area contributed by atoms with Gasteiger partial charge in [-0.05, 0) is 60.7 Å². The number of ether oxygens (including phenoxy) is 2. The van der Waals surface area contributed by atoms with Crippen LogP contribution < -0.4 is 25.4 Å². The van der Waals surface area contributed by atoms with Gasteiger partial charge in [0, 0.05) is 43.5 Å². The van der Waals surface area contributed by atoms with Crippen molar-refractivity contribution >= 4 is 70.1 Å². The monoisotopic (exact) mass is 619 g/mol. The number of anilines is 2. The Morgan fingerprint density at radius 1 is 0.786 bits per heavy atom. The standard InChI is InChI=1S/C31H23Cl2N3O5S/c32-24-10-5-11-25(33)23(24)16-26(36-30(38)19-6-2-1-3-7-19)31(39)35-20-8-4-9-22(14-20)42-17-29(37)34-21-12-13-27-28(15-21)41-18-40-27/h1-16H,17-18H2,(H,34,37)(H,35,39)(H,36,38)/b26-16+. The molecule has 0 spiro atoms. The molecule has 4 aromatic carbocycles. The molecule has 212 valence electrons. The van der Waals surface area contributed by atoms with Gasteiger partial charge in [-0.2, -0.15) is 0 Å². The van der Waals surface area contributed by atoms with Crippen LogP contribution in [0.4, 0.5) is 11.4 Å². The smallest absolute Gasteiger partial charge is 0.272 e. The average Bonchev–Trinajstić information content (AvgIpc) is 3.46. The van der Waals surface area contributed by atoms with Crippen molar-refractivity contribution in [2.24, 2.45) is 0 Å². The lowest BCUT2D eigenvalue weighted by Crippen LogP contribution is -2.30. The number of halogens is 2. The molecular formula is C31H23Cl2N3O5S. The molecule has 8 nitrogen and oxygen atoms in total. The van der Waals surface area contributed by atoms with Crippen molar-refractivity contribution in [2.75, 3.05) is 23.2 Å². The van der Waals surface area contributed by atoms with Crippen LogP contribution in [0.15, 0.2) is 102 Å². The summed E-state index contributed by atoms with van der Waals surface area (Å²) in [5.41, 5.74) is 1.77. The van der Waals surface area contributed by atoms with Gasteiger partial charge in [-0.3, -0.25) is 14.4 Å². The Bertz CT molecular complexity index is 1660. The Morgan fingerprint density at radius 3 is 2.29 bits per heavy atom. The predicted octanol–water partition coefficient (Wildman–Crippen LogP) is 6.86. The average molecular weight is 621 g/mol. The Morgan fingerprint density at radius 2 is 1.50 bits per heavy atom. The molecule has 4 aromatic rings. The van der Waals surface area contributed by atoms with Crippen molar-refractivity contribution in [3.8, 4) is 11.5 Å². The second kappa shape index (κ2) is 13.5. The van der Waals surface area contributed by atoms with Crippen molar-refractivity contribution in [1.82, 2.24) is 5.32 Å². The van der Waals surface area contributed by atoms with Gasteiger partial charge in [0.1, 0.15) is 5.70 Å². The van der Waals surface area contributed by atoms with Gasteiger partial charge in [-0.15, -0.1) is 11.8 Å². The number of nitrogens with one attached hydrogen (secondary N) is 3.